The first-order valence-corrected chi connectivity index (χ1v) is 5.18. The first kappa shape index (κ1) is 10.2. The lowest BCUT2D eigenvalue weighted by molar-refractivity contribution is 0.282. The Morgan fingerprint density at radius 2 is 2.20 bits per heavy atom. The van der Waals surface area contributed by atoms with Crippen LogP contribution in [0.15, 0.2) is 22.6 Å². The van der Waals surface area contributed by atoms with Crippen LogP contribution in [0.5, 0.6) is 0 Å². The van der Waals surface area contributed by atoms with E-state index < -0.39 is 0 Å². The highest BCUT2D eigenvalue weighted by molar-refractivity contribution is 5.73. The first-order chi connectivity index (χ1) is 7.19. The van der Waals surface area contributed by atoms with Crippen LogP contribution in [0.3, 0.4) is 0 Å². The molecule has 0 bridgehead atoms. The molecule has 0 unspecified atom stereocenters. The number of hydrogen-bond donors (Lipinski definition) is 1. The fraction of sp³-hybridized carbons (Fsp3) is 0.417. The number of aliphatic hydroxyl groups excluding tert-OH is 1. The normalized spacial score (nSPS) is 11.5. The molecule has 3 heteroatoms. The third-order valence-corrected chi connectivity index (χ3v) is 2.26. The highest BCUT2D eigenvalue weighted by Crippen LogP contribution is 2.19. The SMILES string of the molecule is CC(C)Cc1nc2ccc(CO)cc2o1. The number of nitrogens with zero attached hydrogens (tertiary/aromatic N) is 1. The summed E-state index contributed by atoms with van der Waals surface area (Å²) in [5.41, 5.74) is 2.48. The van der Waals surface area contributed by atoms with Crippen molar-refractivity contribution in [3.8, 4) is 0 Å². The summed E-state index contributed by atoms with van der Waals surface area (Å²) >= 11 is 0. The molecule has 2 aromatic rings. The van der Waals surface area contributed by atoms with Gasteiger partial charge in [-0.25, -0.2) is 4.98 Å². The molecule has 1 N–H and O–H groups in total. The number of rotatable bonds is 3. The molecule has 0 spiro atoms. The van der Waals surface area contributed by atoms with Gasteiger partial charge in [0, 0.05) is 6.42 Å². The topological polar surface area (TPSA) is 46.3 Å². The second-order valence-electron chi connectivity index (χ2n) is 4.17. The van der Waals surface area contributed by atoms with Gasteiger partial charge in [-0.1, -0.05) is 19.9 Å². The van der Waals surface area contributed by atoms with Crippen molar-refractivity contribution >= 4 is 11.1 Å². The number of oxazole rings is 1. The zero-order valence-corrected chi connectivity index (χ0v) is 9.03. The van der Waals surface area contributed by atoms with Gasteiger partial charge in [-0.15, -0.1) is 0 Å². The van der Waals surface area contributed by atoms with Crippen LogP contribution in [0.25, 0.3) is 11.1 Å². The summed E-state index contributed by atoms with van der Waals surface area (Å²) in [5.74, 6) is 1.31. The smallest absolute Gasteiger partial charge is 0.195 e. The van der Waals surface area contributed by atoms with Crippen molar-refractivity contribution in [3.05, 3.63) is 29.7 Å². The monoisotopic (exact) mass is 205 g/mol. The summed E-state index contributed by atoms with van der Waals surface area (Å²) in [5, 5.41) is 8.99. The Morgan fingerprint density at radius 3 is 2.87 bits per heavy atom. The van der Waals surface area contributed by atoms with Crippen LogP contribution in [-0.4, -0.2) is 10.1 Å². The molecule has 80 valence electrons. The Kier molecular flexibility index (Phi) is 2.73. The second kappa shape index (κ2) is 4.03. The van der Waals surface area contributed by atoms with Gasteiger partial charge in [0.1, 0.15) is 5.52 Å². The molecule has 15 heavy (non-hydrogen) atoms. The summed E-state index contributed by atoms with van der Waals surface area (Å²) in [6.07, 6.45) is 0.850. The fourth-order valence-corrected chi connectivity index (χ4v) is 1.55. The van der Waals surface area contributed by atoms with E-state index in [1.54, 1.807) is 0 Å². The van der Waals surface area contributed by atoms with Gasteiger partial charge in [-0.05, 0) is 23.6 Å². The lowest BCUT2D eigenvalue weighted by atomic mass is 10.1. The quantitative estimate of drug-likeness (QED) is 0.837. The van der Waals surface area contributed by atoms with E-state index in [9.17, 15) is 0 Å². The van der Waals surface area contributed by atoms with Crippen LogP contribution in [0.1, 0.15) is 25.3 Å². The van der Waals surface area contributed by atoms with Gasteiger partial charge in [-0.2, -0.15) is 0 Å². The average molecular weight is 205 g/mol. The van der Waals surface area contributed by atoms with E-state index in [4.69, 9.17) is 9.52 Å². The van der Waals surface area contributed by atoms with Gasteiger partial charge in [0.05, 0.1) is 6.61 Å². The van der Waals surface area contributed by atoms with Crippen molar-refractivity contribution in [2.75, 3.05) is 0 Å². The molecule has 1 aromatic heterocycles. The third kappa shape index (κ3) is 2.18. The minimum absolute atomic E-state index is 0.0379. The average Bonchev–Trinajstić information content (AvgIpc) is 2.57. The van der Waals surface area contributed by atoms with Gasteiger partial charge in [0.2, 0.25) is 0 Å². The van der Waals surface area contributed by atoms with Crippen LogP contribution in [-0.2, 0) is 13.0 Å². The van der Waals surface area contributed by atoms with Crippen LogP contribution in [0.2, 0.25) is 0 Å². The maximum absolute atomic E-state index is 8.99. The molecule has 1 heterocycles. The van der Waals surface area contributed by atoms with Crippen molar-refractivity contribution in [1.29, 1.82) is 0 Å². The predicted molar refractivity (Wildman–Crippen MR) is 58.5 cm³/mol. The molecule has 2 rings (SSSR count). The summed E-state index contributed by atoms with van der Waals surface area (Å²) in [7, 11) is 0. The van der Waals surface area contributed by atoms with Crippen molar-refractivity contribution in [2.24, 2.45) is 5.92 Å². The summed E-state index contributed by atoms with van der Waals surface area (Å²) < 4.78 is 5.60. The van der Waals surface area contributed by atoms with Crippen LogP contribution >= 0.6 is 0 Å². The summed E-state index contributed by atoms with van der Waals surface area (Å²) in [6, 6.07) is 5.59. The van der Waals surface area contributed by atoms with E-state index >= 15 is 0 Å². The minimum Gasteiger partial charge on any atom is -0.441 e. The highest BCUT2D eigenvalue weighted by Gasteiger charge is 2.07. The van der Waals surface area contributed by atoms with E-state index in [0.29, 0.717) is 5.92 Å². The van der Waals surface area contributed by atoms with Crippen molar-refractivity contribution in [1.82, 2.24) is 4.98 Å². The van der Waals surface area contributed by atoms with Gasteiger partial charge in [0.25, 0.3) is 0 Å². The van der Waals surface area contributed by atoms with Crippen molar-refractivity contribution < 1.29 is 9.52 Å². The van der Waals surface area contributed by atoms with Gasteiger partial charge in [0.15, 0.2) is 11.5 Å². The molecule has 1 aromatic carbocycles. The molecule has 0 atom stereocenters. The molecule has 0 aliphatic heterocycles. The molecule has 0 saturated carbocycles. The fourth-order valence-electron chi connectivity index (χ4n) is 1.55. The Labute approximate surface area is 88.7 Å². The molecule has 0 radical (unpaired) electrons. The first-order valence-electron chi connectivity index (χ1n) is 5.18. The standard InChI is InChI=1S/C12H15NO2/c1-8(2)5-12-13-10-4-3-9(7-14)6-11(10)15-12/h3-4,6,8,14H,5,7H2,1-2H3. The molecular formula is C12H15NO2. The summed E-state index contributed by atoms with van der Waals surface area (Å²) in [6.45, 7) is 4.30. The minimum atomic E-state index is 0.0379. The maximum Gasteiger partial charge on any atom is 0.195 e. The van der Waals surface area contributed by atoms with Crippen molar-refractivity contribution in [2.45, 2.75) is 26.9 Å². The third-order valence-electron chi connectivity index (χ3n) is 2.26. The van der Waals surface area contributed by atoms with Crippen LogP contribution < -0.4 is 0 Å². The highest BCUT2D eigenvalue weighted by atomic mass is 16.3. The number of aromatic nitrogens is 1. The lowest BCUT2D eigenvalue weighted by Gasteiger charge is -1.97. The second-order valence-corrected chi connectivity index (χ2v) is 4.17. The zero-order valence-electron chi connectivity index (χ0n) is 9.03. The van der Waals surface area contributed by atoms with Gasteiger partial charge < -0.3 is 9.52 Å². The van der Waals surface area contributed by atoms with E-state index in [1.807, 2.05) is 18.2 Å². The molecule has 0 aliphatic carbocycles. The lowest BCUT2D eigenvalue weighted by Crippen LogP contribution is -1.93. The number of benzene rings is 1. The number of fused-ring (bicyclic) bond motifs is 1. The van der Waals surface area contributed by atoms with Gasteiger partial charge in [-0.3, -0.25) is 0 Å². The number of hydrogen-bond acceptors (Lipinski definition) is 3. The predicted octanol–water partition coefficient (Wildman–Crippen LogP) is 2.52. The molecule has 3 nitrogen and oxygen atoms in total. The zero-order chi connectivity index (χ0) is 10.8. The Balaban J connectivity index is 2.37. The molecule has 0 fully saturated rings. The van der Waals surface area contributed by atoms with Crippen molar-refractivity contribution in [3.63, 3.8) is 0 Å². The molecule has 0 saturated heterocycles. The van der Waals surface area contributed by atoms with Gasteiger partial charge >= 0.3 is 0 Å². The Morgan fingerprint density at radius 1 is 1.40 bits per heavy atom. The van der Waals surface area contributed by atoms with E-state index in [0.717, 1.165) is 29.0 Å². The van der Waals surface area contributed by atoms with E-state index in [1.165, 1.54) is 0 Å². The number of aliphatic hydroxyl groups is 1. The molecular weight excluding hydrogens is 190 g/mol. The van der Waals surface area contributed by atoms with E-state index in [-0.39, 0.29) is 6.61 Å². The maximum atomic E-state index is 8.99. The molecule has 0 amide bonds. The van der Waals surface area contributed by atoms with E-state index in [2.05, 4.69) is 18.8 Å². The van der Waals surface area contributed by atoms with Crippen LogP contribution in [0.4, 0.5) is 0 Å². The van der Waals surface area contributed by atoms with Crippen LogP contribution in [0, 0.1) is 5.92 Å². The molecule has 0 aliphatic rings. The Hall–Kier alpha value is -1.35. The Bertz CT molecular complexity index is 460. The largest absolute Gasteiger partial charge is 0.441 e. The summed E-state index contributed by atoms with van der Waals surface area (Å²) in [4.78, 5) is 4.38.